The minimum absolute atomic E-state index is 0.00655. The van der Waals surface area contributed by atoms with Crippen LogP contribution in [-0.4, -0.2) is 275 Å². The number of carbonyl (C=O) groups is 12. The number of likely N-dealkylation sites (N-methyl/N-ethyl adjacent to an activating group) is 6. The van der Waals surface area contributed by atoms with Gasteiger partial charge in [-0.05, 0) is 134 Å². The van der Waals surface area contributed by atoms with Crippen molar-refractivity contribution in [3.8, 4) is 0 Å². The van der Waals surface area contributed by atoms with Gasteiger partial charge in [0.15, 0.2) is 0 Å². The smallest absolute Gasteiger partial charge is 0.379 e. The normalized spacial score (nSPS) is 31.1. The highest BCUT2D eigenvalue weighted by Crippen LogP contribution is 2.44. The predicted octanol–water partition coefficient (Wildman–Crippen LogP) is 5.47. The molecule has 4 aliphatic heterocycles. The van der Waals surface area contributed by atoms with Crippen LogP contribution in [0.5, 0.6) is 0 Å². The van der Waals surface area contributed by atoms with E-state index in [-0.39, 0.29) is 101 Å². The molecule has 25 nitrogen and oxygen atoms in total. The van der Waals surface area contributed by atoms with Gasteiger partial charge in [-0.25, -0.2) is 0 Å². The number of ether oxygens (including phenoxy) is 1. The summed E-state index contributed by atoms with van der Waals surface area (Å²) in [5, 5.41) is 7.57. The van der Waals surface area contributed by atoms with Gasteiger partial charge in [0, 0.05) is 81.0 Å². The van der Waals surface area contributed by atoms with Crippen LogP contribution in [0.3, 0.4) is 0 Å². The van der Waals surface area contributed by atoms with Gasteiger partial charge < -0.3 is 64.8 Å². The Labute approximate surface area is 600 Å². The Bertz CT molecular complexity index is 2970. The van der Waals surface area contributed by atoms with E-state index in [1.807, 2.05) is 20.8 Å². The fraction of sp³-hybridized carbons (Fsp3) is 0.833. The highest BCUT2D eigenvalue weighted by atomic mass is 35.5. The zero-order valence-corrected chi connectivity index (χ0v) is 62.8. The third-order valence-corrected chi connectivity index (χ3v) is 23.9. The summed E-state index contributed by atoms with van der Waals surface area (Å²) in [4.78, 5) is 192. The molecule has 0 aromatic carbocycles. The van der Waals surface area contributed by atoms with E-state index in [1.165, 1.54) is 90.6 Å². The van der Waals surface area contributed by atoms with Crippen LogP contribution in [0.2, 0.25) is 0 Å². The van der Waals surface area contributed by atoms with Crippen LogP contribution in [0.25, 0.3) is 0 Å². The summed E-state index contributed by atoms with van der Waals surface area (Å²) in [7, 11) is 9.90. The van der Waals surface area contributed by atoms with Crippen molar-refractivity contribution in [2.45, 2.75) is 273 Å². The summed E-state index contributed by atoms with van der Waals surface area (Å²) in [5.74, 6) is -10.5. The number of nitrogens with zero attached hydrogens (tertiary/aromatic N) is 9. The number of likely N-dealkylation sites (tertiary alicyclic amines) is 1. The van der Waals surface area contributed by atoms with E-state index in [4.69, 9.17) is 16.3 Å². The first-order valence-electron chi connectivity index (χ1n) is 37.2. The lowest BCUT2D eigenvalue weighted by Crippen LogP contribution is -2.66. The van der Waals surface area contributed by atoms with Crippen molar-refractivity contribution in [1.82, 2.24) is 60.0 Å². The SMILES string of the molecule is CC[C@H](C)[C@@H]1NC(=O)[C@H](CC(C)C)N(C)C(=O)C[C@@H](C(=O)N2CCCCC2)N(C)C(=O)[C@H]([C@@H](C)OC)N(C)C(=O)C2(CCCC2)NC(=O)[C@@H]2CCCN2C(=O)[C@H](CCC2CCC(C(F)(F)F)C(Cl)C2)NC(=O)CN(C)C(=O)[C@H](CC2CCCCC2)N(C)C(=O)[C@@H]2CCN2C(=O)[C@H](C)N(C)C1=O. The molecule has 12 amide bonds. The molecule has 7 aliphatic rings. The lowest BCUT2D eigenvalue weighted by atomic mass is 9.78. The van der Waals surface area contributed by atoms with E-state index in [0.29, 0.717) is 51.6 Å². The van der Waals surface area contributed by atoms with E-state index < -0.39 is 173 Å². The van der Waals surface area contributed by atoms with Crippen molar-refractivity contribution in [2.24, 2.45) is 29.6 Å². The Hall–Kier alpha value is -6.32. The Kier molecular flexibility index (Phi) is 29.1. The first-order chi connectivity index (χ1) is 47.6. The number of rotatable bonds is 12. The number of amides is 12. The van der Waals surface area contributed by atoms with Crippen molar-refractivity contribution in [3.63, 3.8) is 0 Å². The third kappa shape index (κ3) is 19.6. The van der Waals surface area contributed by atoms with E-state index in [1.54, 1.807) is 18.7 Å². The van der Waals surface area contributed by atoms with Gasteiger partial charge in [0.25, 0.3) is 0 Å². The lowest BCUT2D eigenvalue weighted by Gasteiger charge is -2.45. The summed E-state index contributed by atoms with van der Waals surface area (Å²) < 4.78 is 47.9. The van der Waals surface area contributed by atoms with Gasteiger partial charge in [-0.2, -0.15) is 13.2 Å². The molecule has 3 saturated carbocycles. The molecule has 7 rings (SSSR count). The maximum absolute atomic E-state index is 15.5. The highest BCUT2D eigenvalue weighted by Gasteiger charge is 2.53. The molecule has 0 radical (unpaired) electrons. The second-order valence-electron chi connectivity index (χ2n) is 30.7. The minimum atomic E-state index is -4.51. The molecule has 570 valence electrons. The first kappa shape index (κ1) is 82.0. The summed E-state index contributed by atoms with van der Waals surface area (Å²) in [6.45, 7) is 10.8. The lowest BCUT2D eigenvalue weighted by molar-refractivity contribution is -0.182. The number of alkyl halides is 4. The molecule has 3 N–H and O–H groups in total. The van der Waals surface area contributed by atoms with Gasteiger partial charge in [0.1, 0.15) is 59.9 Å². The molecule has 14 atom stereocenters. The van der Waals surface area contributed by atoms with Crippen LogP contribution in [0.1, 0.15) is 196 Å². The van der Waals surface area contributed by atoms with Crippen molar-refractivity contribution < 1.29 is 75.4 Å². The molecule has 0 bridgehead atoms. The zero-order valence-electron chi connectivity index (χ0n) is 62.1. The van der Waals surface area contributed by atoms with Crippen LogP contribution in [-0.2, 0) is 62.3 Å². The van der Waals surface area contributed by atoms with Crippen LogP contribution in [0.15, 0.2) is 0 Å². The van der Waals surface area contributed by atoms with Crippen molar-refractivity contribution in [1.29, 1.82) is 0 Å². The molecule has 4 heterocycles. The van der Waals surface area contributed by atoms with E-state index in [2.05, 4.69) is 16.0 Å². The number of fused-ring (bicyclic) bond motifs is 2. The molecular weight excluding hydrogens is 1330 g/mol. The Balaban J connectivity index is 1.28. The van der Waals surface area contributed by atoms with Gasteiger partial charge in [0.2, 0.25) is 70.9 Å². The minimum Gasteiger partial charge on any atom is -0.379 e. The fourth-order valence-corrected chi connectivity index (χ4v) is 16.9. The summed E-state index contributed by atoms with van der Waals surface area (Å²) in [6.07, 6.45) is 3.17. The van der Waals surface area contributed by atoms with Crippen LogP contribution in [0.4, 0.5) is 13.2 Å². The quantitative estimate of drug-likeness (QED) is 0.205. The molecule has 29 heteroatoms. The number of piperidine rings is 1. The summed E-state index contributed by atoms with van der Waals surface area (Å²) in [5.41, 5.74) is -1.62. The van der Waals surface area contributed by atoms with E-state index in [9.17, 15) is 41.9 Å². The first-order valence-corrected chi connectivity index (χ1v) is 37.7. The monoisotopic (exact) mass is 1450 g/mol. The predicted molar refractivity (Wildman–Crippen MR) is 372 cm³/mol. The Morgan fingerprint density at radius 3 is 1.84 bits per heavy atom. The number of nitrogens with one attached hydrogen (secondary N) is 3. The molecule has 0 aromatic heterocycles. The molecule has 7 fully saturated rings. The molecule has 3 unspecified atom stereocenters. The second kappa shape index (κ2) is 35.9. The molecule has 1 spiro atoms. The van der Waals surface area contributed by atoms with Gasteiger partial charge in [-0.1, -0.05) is 79.1 Å². The van der Waals surface area contributed by atoms with Crippen molar-refractivity contribution in [3.05, 3.63) is 0 Å². The maximum Gasteiger partial charge on any atom is 0.393 e. The number of hydrogen-bond donors (Lipinski definition) is 3. The van der Waals surface area contributed by atoms with Gasteiger partial charge >= 0.3 is 6.18 Å². The average molecular weight is 1450 g/mol. The second-order valence-corrected chi connectivity index (χ2v) is 31.3. The molecule has 3 aliphatic carbocycles. The van der Waals surface area contributed by atoms with Crippen molar-refractivity contribution in [2.75, 3.05) is 82.1 Å². The van der Waals surface area contributed by atoms with Crippen LogP contribution >= 0.6 is 11.6 Å². The average Bonchev–Trinajstić information content (AvgIpc) is 1.52. The van der Waals surface area contributed by atoms with E-state index >= 15 is 28.8 Å². The van der Waals surface area contributed by atoms with Gasteiger partial charge in [0.05, 0.1) is 25.0 Å². The van der Waals surface area contributed by atoms with Crippen LogP contribution in [0, 0.1) is 29.6 Å². The fourth-order valence-electron chi connectivity index (χ4n) is 16.4. The zero-order chi connectivity index (χ0) is 74.7. The molecular formula is C72H116ClF3N12O13. The summed E-state index contributed by atoms with van der Waals surface area (Å²) in [6, 6.07) is -11.2. The number of carbonyl (C=O) groups excluding carboxylic acids is 12. The standard InChI is InChI=1S/C72H116ClF3N12O13/c1-14-44(4)59-68(98)81(8)45(5)63(93)88-37-31-53(88)66(96)83(10)55(40-47-24-17-15-18-25-47)65(95)80(7)42-57(89)77-51(30-28-48-27-29-49(50(73)39-48)72(74,75)76)64(94)87-36-23-26-52(87)62(92)79-71(32-19-20-33-71)70(100)85(12)60(46(6)101-13)69(99)84(11)56(67(97)86-34-21-16-22-35-86)41-58(90)82(9)54(38-43(2)3)61(91)78-59/h43-56,59-60H,14-42H2,1-13H3,(H,77,89)(H,78,91)(H,79,92)/t44-,45-,46+,48?,49?,50?,51-,52-,53-,54-,55-,56-,59-,60-/m0/s1. The molecule has 4 saturated heterocycles. The number of hydrogen-bond acceptors (Lipinski definition) is 13. The number of halogens is 4. The highest BCUT2D eigenvalue weighted by molar-refractivity contribution is 6.21. The Morgan fingerprint density at radius 1 is 0.624 bits per heavy atom. The maximum atomic E-state index is 15.5. The molecule has 101 heavy (non-hydrogen) atoms. The van der Waals surface area contributed by atoms with Crippen LogP contribution < -0.4 is 16.0 Å². The van der Waals surface area contributed by atoms with E-state index in [0.717, 1.165) is 43.4 Å². The number of methoxy groups -OCH3 is 1. The summed E-state index contributed by atoms with van der Waals surface area (Å²) >= 11 is 6.41. The van der Waals surface area contributed by atoms with Crippen molar-refractivity contribution >= 4 is 82.5 Å². The Morgan fingerprint density at radius 2 is 1.26 bits per heavy atom. The van der Waals surface area contributed by atoms with Gasteiger partial charge in [-0.15, -0.1) is 11.6 Å². The molecule has 0 aromatic rings. The third-order valence-electron chi connectivity index (χ3n) is 23.5. The van der Waals surface area contributed by atoms with Gasteiger partial charge in [-0.3, -0.25) is 57.5 Å². The largest absolute Gasteiger partial charge is 0.393 e. The topological polar surface area (TPSA) is 279 Å².